The van der Waals surface area contributed by atoms with Crippen LogP contribution < -0.4 is 5.32 Å². The monoisotopic (exact) mass is 466 g/mol. The number of aryl methyl sites for hydroxylation is 1. The van der Waals surface area contributed by atoms with E-state index in [9.17, 15) is 4.79 Å². The number of hydrogen-bond acceptors (Lipinski definition) is 4. The molecule has 0 aliphatic carbocycles. The summed E-state index contributed by atoms with van der Waals surface area (Å²) in [6.45, 7) is 2.47. The van der Waals surface area contributed by atoms with E-state index < -0.39 is 0 Å². The Kier molecular flexibility index (Phi) is 5.74. The summed E-state index contributed by atoms with van der Waals surface area (Å²) in [7, 11) is 2.06. The number of nitrogens with zero attached hydrogens (tertiary/aromatic N) is 3. The van der Waals surface area contributed by atoms with E-state index in [0.29, 0.717) is 18.4 Å². The van der Waals surface area contributed by atoms with E-state index in [1.165, 1.54) is 22.9 Å². The van der Waals surface area contributed by atoms with Gasteiger partial charge in [-0.25, -0.2) is 4.79 Å². The Bertz CT molecular complexity index is 1350. The standard InChI is InChI=1S/C29H30N4O2/c1-32-28(17-27(31-32)23-12-11-20-7-5-6-8-21(20)15-23)26-18-33-14-13-22(26)16-25(33)19-35-29(34)30-24-9-3-2-4-10-24/h2-12,15,17,22,25-26H,13-14,16,18-19H2,1H3,(H,30,34)/t22-,25+,26-/m0/s1. The minimum atomic E-state index is -0.387. The molecule has 0 radical (unpaired) electrons. The van der Waals surface area contributed by atoms with E-state index >= 15 is 0 Å². The highest BCUT2D eigenvalue weighted by Gasteiger charge is 2.42. The lowest BCUT2D eigenvalue weighted by Crippen LogP contribution is -2.54. The van der Waals surface area contributed by atoms with E-state index in [-0.39, 0.29) is 12.1 Å². The first-order valence-corrected chi connectivity index (χ1v) is 12.4. The van der Waals surface area contributed by atoms with Crippen molar-refractivity contribution in [1.82, 2.24) is 14.7 Å². The number of aromatic nitrogens is 2. The highest BCUT2D eigenvalue weighted by Crippen LogP contribution is 2.42. The smallest absolute Gasteiger partial charge is 0.411 e. The molecule has 178 valence electrons. The Morgan fingerprint density at radius 1 is 1.03 bits per heavy atom. The van der Waals surface area contributed by atoms with Gasteiger partial charge in [-0.3, -0.25) is 14.9 Å². The Morgan fingerprint density at radius 3 is 2.63 bits per heavy atom. The number of carbonyl (C=O) groups is 1. The Balaban J connectivity index is 1.13. The minimum Gasteiger partial charge on any atom is -0.448 e. The first-order valence-electron chi connectivity index (χ1n) is 12.4. The molecule has 3 saturated heterocycles. The predicted octanol–water partition coefficient (Wildman–Crippen LogP) is 5.67. The molecule has 3 fully saturated rings. The summed E-state index contributed by atoms with van der Waals surface area (Å²) in [4.78, 5) is 14.7. The van der Waals surface area contributed by atoms with Crippen LogP contribution in [0.1, 0.15) is 24.5 Å². The van der Waals surface area contributed by atoms with Crippen LogP contribution in [0.15, 0.2) is 78.9 Å². The molecular formula is C29H30N4O2. The molecule has 0 saturated carbocycles. The number of carbonyl (C=O) groups excluding carboxylic acids is 1. The fraction of sp³-hybridized carbons (Fsp3) is 0.310. The number of benzene rings is 3. The Labute approximate surface area is 205 Å². The van der Waals surface area contributed by atoms with E-state index in [1.54, 1.807) is 0 Å². The highest BCUT2D eigenvalue weighted by molar-refractivity contribution is 5.87. The quantitative estimate of drug-likeness (QED) is 0.412. The summed E-state index contributed by atoms with van der Waals surface area (Å²) in [6, 6.07) is 27.0. The summed E-state index contributed by atoms with van der Waals surface area (Å²) in [6.07, 6.45) is 1.83. The van der Waals surface area contributed by atoms with Crippen LogP contribution in [0.4, 0.5) is 10.5 Å². The summed E-state index contributed by atoms with van der Waals surface area (Å²) >= 11 is 0. The number of anilines is 1. The van der Waals surface area contributed by atoms with Gasteiger partial charge in [0.05, 0.1) is 5.69 Å². The molecule has 1 unspecified atom stereocenters. The molecule has 3 aliphatic heterocycles. The first-order chi connectivity index (χ1) is 17.1. The molecule has 1 amide bonds. The van der Waals surface area contributed by atoms with Crippen LogP contribution >= 0.6 is 0 Å². The molecule has 4 aromatic rings. The van der Waals surface area contributed by atoms with Crippen LogP contribution in [0, 0.1) is 5.92 Å². The second-order valence-corrected chi connectivity index (χ2v) is 9.77. The molecule has 4 heterocycles. The predicted molar refractivity (Wildman–Crippen MR) is 138 cm³/mol. The minimum absolute atomic E-state index is 0.278. The third kappa shape index (κ3) is 4.42. The molecule has 6 nitrogen and oxygen atoms in total. The lowest BCUT2D eigenvalue weighted by Gasteiger charge is -2.49. The normalized spacial score (nSPS) is 23.3. The van der Waals surface area contributed by atoms with Crippen molar-refractivity contribution in [2.45, 2.75) is 24.8 Å². The number of hydrogen-bond donors (Lipinski definition) is 1. The van der Waals surface area contributed by atoms with Crippen LogP contribution in [-0.4, -0.2) is 46.5 Å². The molecule has 0 spiro atoms. The van der Waals surface area contributed by atoms with Crippen molar-refractivity contribution < 1.29 is 9.53 Å². The van der Waals surface area contributed by atoms with Gasteiger partial charge in [-0.15, -0.1) is 0 Å². The number of rotatable bonds is 5. The van der Waals surface area contributed by atoms with Crippen molar-refractivity contribution >= 4 is 22.6 Å². The molecule has 35 heavy (non-hydrogen) atoms. The van der Waals surface area contributed by atoms with Gasteiger partial charge in [0.15, 0.2) is 0 Å². The largest absolute Gasteiger partial charge is 0.448 e. The summed E-state index contributed by atoms with van der Waals surface area (Å²) in [5.41, 5.74) is 4.23. The summed E-state index contributed by atoms with van der Waals surface area (Å²) in [5, 5.41) is 10.2. The van der Waals surface area contributed by atoms with E-state index in [0.717, 1.165) is 36.5 Å². The molecule has 4 atom stereocenters. The van der Waals surface area contributed by atoms with Crippen molar-refractivity contribution in [2.24, 2.45) is 13.0 Å². The van der Waals surface area contributed by atoms with Gasteiger partial charge in [-0.1, -0.05) is 54.6 Å². The van der Waals surface area contributed by atoms with Gasteiger partial charge in [0.2, 0.25) is 0 Å². The van der Waals surface area contributed by atoms with Gasteiger partial charge in [0.1, 0.15) is 6.61 Å². The number of para-hydroxylation sites is 1. The lowest BCUT2D eigenvalue weighted by atomic mass is 9.74. The second-order valence-electron chi connectivity index (χ2n) is 9.77. The maximum atomic E-state index is 12.2. The summed E-state index contributed by atoms with van der Waals surface area (Å²) in [5.74, 6) is 1.02. The highest BCUT2D eigenvalue weighted by atomic mass is 16.5. The fourth-order valence-corrected chi connectivity index (χ4v) is 5.81. The molecule has 3 aromatic carbocycles. The van der Waals surface area contributed by atoms with Crippen molar-refractivity contribution in [2.75, 3.05) is 25.0 Å². The second kappa shape index (κ2) is 9.19. The molecule has 6 heteroatoms. The number of ether oxygens (including phenoxy) is 1. The number of nitrogens with one attached hydrogen (secondary N) is 1. The number of piperidine rings is 3. The molecular weight excluding hydrogens is 436 g/mol. The van der Waals surface area contributed by atoms with Crippen LogP contribution in [0.25, 0.3) is 22.0 Å². The van der Waals surface area contributed by atoms with E-state index in [2.05, 4.69) is 70.5 Å². The average Bonchev–Trinajstić information content (AvgIpc) is 3.29. The van der Waals surface area contributed by atoms with Gasteiger partial charge in [-0.05, 0) is 60.3 Å². The van der Waals surface area contributed by atoms with Crippen LogP contribution in [0.2, 0.25) is 0 Å². The van der Waals surface area contributed by atoms with E-state index in [1.807, 2.05) is 30.3 Å². The van der Waals surface area contributed by atoms with Crippen LogP contribution in [-0.2, 0) is 11.8 Å². The fourth-order valence-electron chi connectivity index (χ4n) is 5.81. The van der Waals surface area contributed by atoms with Crippen molar-refractivity contribution in [3.63, 3.8) is 0 Å². The zero-order chi connectivity index (χ0) is 23.8. The van der Waals surface area contributed by atoms with Crippen molar-refractivity contribution in [1.29, 1.82) is 0 Å². The molecule has 3 aliphatic rings. The maximum Gasteiger partial charge on any atom is 0.411 e. The van der Waals surface area contributed by atoms with Gasteiger partial charge in [-0.2, -0.15) is 5.10 Å². The van der Waals surface area contributed by atoms with E-state index in [4.69, 9.17) is 9.84 Å². The Morgan fingerprint density at radius 2 is 1.83 bits per heavy atom. The topological polar surface area (TPSA) is 59.4 Å². The zero-order valence-corrected chi connectivity index (χ0v) is 19.9. The number of fused-ring (bicyclic) bond motifs is 4. The third-order valence-corrected chi connectivity index (χ3v) is 7.65. The first kappa shape index (κ1) is 21.9. The Hall–Kier alpha value is -3.64. The lowest BCUT2D eigenvalue weighted by molar-refractivity contribution is -0.00222. The molecule has 1 aromatic heterocycles. The molecule has 1 N–H and O–H groups in total. The van der Waals surface area contributed by atoms with Crippen molar-refractivity contribution in [3.05, 3.63) is 84.6 Å². The molecule has 2 bridgehead atoms. The zero-order valence-electron chi connectivity index (χ0n) is 19.9. The van der Waals surface area contributed by atoms with Gasteiger partial charge < -0.3 is 4.74 Å². The number of amides is 1. The van der Waals surface area contributed by atoms with Crippen molar-refractivity contribution in [3.8, 4) is 11.3 Å². The van der Waals surface area contributed by atoms with Crippen LogP contribution in [0.3, 0.4) is 0 Å². The summed E-state index contributed by atoms with van der Waals surface area (Å²) < 4.78 is 7.66. The van der Waals surface area contributed by atoms with Gasteiger partial charge >= 0.3 is 6.09 Å². The van der Waals surface area contributed by atoms with Gasteiger partial charge in [0.25, 0.3) is 0 Å². The maximum absolute atomic E-state index is 12.2. The van der Waals surface area contributed by atoms with Crippen LogP contribution in [0.5, 0.6) is 0 Å². The SMILES string of the molecule is Cn1nc(-c2ccc3ccccc3c2)cc1[C@H]1CN2CC[C@H]1C[C@@H]2COC(=O)Nc1ccccc1. The average molecular weight is 467 g/mol. The molecule has 7 rings (SSSR count). The van der Waals surface area contributed by atoms with Gasteiger partial charge in [0, 0.05) is 42.5 Å². The third-order valence-electron chi connectivity index (χ3n) is 7.65.